The van der Waals surface area contributed by atoms with E-state index in [1.807, 2.05) is 13.0 Å². The Hall–Kier alpha value is -1.94. The molecule has 1 aromatic heterocycles. The van der Waals surface area contributed by atoms with E-state index in [9.17, 15) is 4.79 Å². The van der Waals surface area contributed by atoms with Crippen molar-refractivity contribution in [3.63, 3.8) is 0 Å². The van der Waals surface area contributed by atoms with Gasteiger partial charge in [-0.15, -0.1) is 0 Å². The second kappa shape index (κ2) is 6.17. The van der Waals surface area contributed by atoms with Crippen LogP contribution >= 0.6 is 0 Å². The number of fused-ring (bicyclic) bond motifs is 1. The summed E-state index contributed by atoms with van der Waals surface area (Å²) < 4.78 is 5.49. The summed E-state index contributed by atoms with van der Waals surface area (Å²) in [5.74, 6) is 0.614. The minimum Gasteiger partial charge on any atom is -0.381 e. The number of ether oxygens (including phenoxy) is 1. The Morgan fingerprint density at radius 1 is 1.25 bits per heavy atom. The number of aryl methyl sites for hydroxylation is 2. The van der Waals surface area contributed by atoms with Crippen LogP contribution in [0.25, 0.3) is 10.9 Å². The van der Waals surface area contributed by atoms with Gasteiger partial charge in [0.2, 0.25) is 0 Å². The third-order valence-corrected chi connectivity index (χ3v) is 5.12. The number of nitrogens with zero attached hydrogens (tertiary/aromatic N) is 2. The molecule has 2 fully saturated rings. The summed E-state index contributed by atoms with van der Waals surface area (Å²) in [6.45, 7) is 6.43. The highest BCUT2D eigenvalue weighted by atomic mass is 16.5. The smallest absolute Gasteiger partial charge is 0.255 e. The number of benzene rings is 1. The van der Waals surface area contributed by atoms with Crippen molar-refractivity contribution < 1.29 is 9.53 Å². The van der Waals surface area contributed by atoms with Gasteiger partial charge in [0.05, 0.1) is 23.4 Å². The molecule has 4 rings (SSSR count). The minimum atomic E-state index is 0.136. The van der Waals surface area contributed by atoms with Crippen LogP contribution in [-0.4, -0.2) is 41.6 Å². The van der Waals surface area contributed by atoms with E-state index < -0.39 is 0 Å². The van der Waals surface area contributed by atoms with E-state index in [4.69, 9.17) is 4.74 Å². The van der Waals surface area contributed by atoms with Crippen molar-refractivity contribution in [3.05, 3.63) is 41.1 Å². The van der Waals surface area contributed by atoms with Gasteiger partial charge in [-0.2, -0.15) is 0 Å². The zero-order chi connectivity index (χ0) is 16.7. The molecule has 0 bridgehead atoms. The normalized spacial score (nSPS) is 20.5. The Morgan fingerprint density at radius 2 is 2.08 bits per heavy atom. The average molecular weight is 324 g/mol. The summed E-state index contributed by atoms with van der Waals surface area (Å²) in [6.07, 6.45) is 3.31. The number of pyridine rings is 1. The first kappa shape index (κ1) is 15.6. The third-order valence-electron chi connectivity index (χ3n) is 5.12. The molecule has 4 heteroatoms. The predicted molar refractivity (Wildman–Crippen MR) is 94.2 cm³/mol. The van der Waals surface area contributed by atoms with Crippen LogP contribution in [0.1, 0.15) is 40.9 Å². The van der Waals surface area contributed by atoms with E-state index in [0.717, 1.165) is 61.2 Å². The Kier molecular flexibility index (Phi) is 4.01. The summed E-state index contributed by atoms with van der Waals surface area (Å²) in [5, 5.41) is 1.04. The lowest BCUT2D eigenvalue weighted by Crippen LogP contribution is -2.37. The highest BCUT2D eigenvalue weighted by molar-refractivity contribution is 5.99. The molecule has 4 nitrogen and oxygen atoms in total. The molecule has 1 saturated heterocycles. The van der Waals surface area contributed by atoms with Crippen LogP contribution in [0.4, 0.5) is 0 Å². The van der Waals surface area contributed by atoms with E-state index in [-0.39, 0.29) is 5.91 Å². The summed E-state index contributed by atoms with van der Waals surface area (Å²) in [4.78, 5) is 19.9. The molecule has 2 aromatic rings. The lowest BCUT2D eigenvalue weighted by Gasteiger charge is -2.26. The van der Waals surface area contributed by atoms with Gasteiger partial charge in [-0.1, -0.05) is 12.1 Å². The van der Waals surface area contributed by atoms with E-state index in [2.05, 4.69) is 35.0 Å². The maximum Gasteiger partial charge on any atom is 0.255 e. The number of carbonyl (C=O) groups excluding carboxylic acids is 1. The zero-order valence-electron chi connectivity index (χ0n) is 14.4. The fourth-order valence-electron chi connectivity index (χ4n) is 3.53. The number of rotatable bonds is 4. The van der Waals surface area contributed by atoms with Crippen molar-refractivity contribution in [1.82, 2.24) is 9.88 Å². The van der Waals surface area contributed by atoms with Gasteiger partial charge >= 0.3 is 0 Å². The van der Waals surface area contributed by atoms with Crippen LogP contribution in [0.3, 0.4) is 0 Å². The highest BCUT2D eigenvalue weighted by Crippen LogP contribution is 2.31. The standard InChI is InChI=1S/C20H24N2O2/c1-13-3-4-16-10-18(14(2)21-19(16)9-13)20(23)22(17-5-6-17)11-15-7-8-24-12-15/h3-4,9-10,15,17H,5-8,11-12H2,1-2H3. The Bertz CT molecular complexity index is 777. The van der Waals surface area contributed by atoms with Crippen molar-refractivity contribution in [2.75, 3.05) is 19.8 Å². The van der Waals surface area contributed by atoms with Crippen LogP contribution in [-0.2, 0) is 4.74 Å². The summed E-state index contributed by atoms with van der Waals surface area (Å²) in [6, 6.07) is 8.62. The fourth-order valence-corrected chi connectivity index (χ4v) is 3.53. The molecule has 126 valence electrons. The van der Waals surface area contributed by atoms with Gasteiger partial charge in [0, 0.05) is 30.5 Å². The van der Waals surface area contributed by atoms with Crippen molar-refractivity contribution >= 4 is 16.8 Å². The number of hydrogen-bond acceptors (Lipinski definition) is 3. The van der Waals surface area contributed by atoms with Gasteiger partial charge in [-0.3, -0.25) is 9.78 Å². The summed E-state index contributed by atoms with van der Waals surface area (Å²) >= 11 is 0. The molecule has 0 spiro atoms. The van der Waals surface area contributed by atoms with Crippen molar-refractivity contribution in [2.24, 2.45) is 5.92 Å². The molecule has 1 aromatic carbocycles. The van der Waals surface area contributed by atoms with Gasteiger partial charge in [0.25, 0.3) is 5.91 Å². The molecule has 0 radical (unpaired) electrons. The first-order valence-corrected chi connectivity index (χ1v) is 8.88. The highest BCUT2D eigenvalue weighted by Gasteiger charge is 2.35. The molecule has 1 saturated carbocycles. The number of amides is 1. The lowest BCUT2D eigenvalue weighted by molar-refractivity contribution is 0.0705. The van der Waals surface area contributed by atoms with E-state index >= 15 is 0 Å². The first-order valence-electron chi connectivity index (χ1n) is 8.88. The molecular weight excluding hydrogens is 300 g/mol. The third kappa shape index (κ3) is 3.03. The van der Waals surface area contributed by atoms with Gasteiger partial charge < -0.3 is 9.64 Å². The van der Waals surface area contributed by atoms with Gasteiger partial charge in [0.1, 0.15) is 0 Å². The first-order chi connectivity index (χ1) is 11.6. The van der Waals surface area contributed by atoms with E-state index in [0.29, 0.717) is 12.0 Å². The van der Waals surface area contributed by atoms with Crippen LogP contribution in [0.2, 0.25) is 0 Å². The summed E-state index contributed by atoms with van der Waals surface area (Å²) in [5.41, 5.74) is 3.73. The molecule has 1 amide bonds. The van der Waals surface area contributed by atoms with Crippen LogP contribution in [0.15, 0.2) is 24.3 Å². The number of hydrogen-bond donors (Lipinski definition) is 0. The lowest BCUT2D eigenvalue weighted by atomic mass is 10.0. The van der Waals surface area contributed by atoms with Gasteiger partial charge in [-0.25, -0.2) is 0 Å². The van der Waals surface area contributed by atoms with Crippen LogP contribution < -0.4 is 0 Å². The molecular formula is C20H24N2O2. The Balaban J connectivity index is 1.65. The van der Waals surface area contributed by atoms with Gasteiger partial charge in [-0.05, 0) is 50.8 Å². The van der Waals surface area contributed by atoms with Gasteiger partial charge in [0.15, 0.2) is 0 Å². The average Bonchev–Trinajstić information content (AvgIpc) is 3.27. The topological polar surface area (TPSA) is 42.4 Å². The quantitative estimate of drug-likeness (QED) is 0.864. The second-order valence-corrected chi connectivity index (χ2v) is 7.24. The van der Waals surface area contributed by atoms with Crippen LogP contribution in [0, 0.1) is 19.8 Å². The molecule has 1 aliphatic heterocycles. The molecule has 2 aliphatic rings. The monoisotopic (exact) mass is 324 g/mol. The maximum absolute atomic E-state index is 13.2. The molecule has 1 aliphatic carbocycles. The second-order valence-electron chi connectivity index (χ2n) is 7.24. The van der Waals surface area contributed by atoms with E-state index in [1.165, 1.54) is 5.56 Å². The van der Waals surface area contributed by atoms with Crippen molar-refractivity contribution in [2.45, 2.75) is 39.2 Å². The maximum atomic E-state index is 13.2. The Labute approximate surface area is 142 Å². The van der Waals surface area contributed by atoms with E-state index in [1.54, 1.807) is 0 Å². The number of carbonyl (C=O) groups is 1. The fraction of sp³-hybridized carbons (Fsp3) is 0.500. The molecule has 1 atom stereocenters. The molecule has 1 unspecified atom stereocenters. The number of aromatic nitrogens is 1. The Morgan fingerprint density at radius 3 is 2.79 bits per heavy atom. The minimum absolute atomic E-state index is 0.136. The molecule has 24 heavy (non-hydrogen) atoms. The van der Waals surface area contributed by atoms with Crippen molar-refractivity contribution in [1.29, 1.82) is 0 Å². The van der Waals surface area contributed by atoms with Crippen LogP contribution in [0.5, 0.6) is 0 Å². The predicted octanol–water partition coefficient (Wildman–Crippen LogP) is 3.49. The SMILES string of the molecule is Cc1ccc2cc(C(=O)N(CC3CCOC3)C3CC3)c(C)nc2c1. The zero-order valence-corrected chi connectivity index (χ0v) is 14.4. The largest absolute Gasteiger partial charge is 0.381 e. The molecule has 2 heterocycles. The van der Waals surface area contributed by atoms with Crippen molar-refractivity contribution in [3.8, 4) is 0 Å². The molecule has 0 N–H and O–H groups in total. The summed E-state index contributed by atoms with van der Waals surface area (Å²) in [7, 11) is 0.